The molecule has 2 aromatic carbocycles. The summed E-state index contributed by atoms with van der Waals surface area (Å²) in [7, 11) is -2.33. The highest BCUT2D eigenvalue weighted by molar-refractivity contribution is 7.89. The number of hydrogen-bond donors (Lipinski definition) is 1. The van der Waals surface area contributed by atoms with Crippen molar-refractivity contribution in [2.24, 2.45) is 0 Å². The lowest BCUT2D eigenvalue weighted by molar-refractivity contribution is -0.895. The zero-order valence-corrected chi connectivity index (χ0v) is 16.3. The Labute approximate surface area is 163 Å². The molecule has 28 heavy (non-hydrogen) atoms. The monoisotopic (exact) mass is 410 g/mol. The Morgan fingerprint density at radius 1 is 1.11 bits per heavy atom. The smallest absolute Gasteiger partial charge is 0.281 e. The molecule has 0 aromatic heterocycles. The summed E-state index contributed by atoms with van der Waals surface area (Å²) >= 11 is 0. The number of quaternary nitrogens is 1. The van der Waals surface area contributed by atoms with Gasteiger partial charge in [0.25, 0.3) is 5.91 Å². The van der Waals surface area contributed by atoms with E-state index in [0.29, 0.717) is 19.2 Å². The number of hydrogen-bond acceptors (Lipinski definition) is 3. The second kappa shape index (κ2) is 8.34. The van der Waals surface area contributed by atoms with Gasteiger partial charge in [0.2, 0.25) is 10.0 Å². The number of para-hydroxylation sites is 1. The molecule has 0 unspecified atom stereocenters. The maximum Gasteiger partial charge on any atom is 0.281 e. The van der Waals surface area contributed by atoms with E-state index in [0.717, 1.165) is 22.7 Å². The summed E-state index contributed by atoms with van der Waals surface area (Å²) in [6.07, 6.45) is 0. The average Bonchev–Trinajstić information content (AvgIpc) is 2.68. The van der Waals surface area contributed by atoms with Crippen LogP contribution in [0.4, 0.5) is 14.5 Å². The van der Waals surface area contributed by atoms with Gasteiger partial charge in [0, 0.05) is 18.8 Å². The number of halogens is 2. The highest BCUT2D eigenvalue weighted by Gasteiger charge is 2.33. The lowest BCUT2D eigenvalue weighted by atomic mass is 10.3. The second-order valence-corrected chi connectivity index (χ2v) is 8.60. The van der Waals surface area contributed by atoms with Gasteiger partial charge < -0.3 is 9.80 Å². The molecule has 6 nitrogen and oxygen atoms in total. The van der Waals surface area contributed by atoms with Gasteiger partial charge in [0.1, 0.15) is 16.5 Å². The first-order valence-electron chi connectivity index (χ1n) is 8.89. The lowest BCUT2D eigenvalue weighted by Gasteiger charge is -2.32. The number of nitrogens with zero attached hydrogens (tertiary/aromatic N) is 2. The minimum Gasteiger partial charge on any atom is -0.325 e. The van der Waals surface area contributed by atoms with Crippen molar-refractivity contribution in [3.63, 3.8) is 0 Å². The lowest BCUT2D eigenvalue weighted by Crippen LogP contribution is -3.15. The fraction of sp³-hybridized carbons (Fsp3) is 0.316. The van der Waals surface area contributed by atoms with Crippen molar-refractivity contribution in [3.8, 4) is 0 Å². The zero-order valence-electron chi connectivity index (χ0n) is 15.4. The summed E-state index contributed by atoms with van der Waals surface area (Å²) in [5.74, 6) is -2.00. The van der Waals surface area contributed by atoms with Crippen LogP contribution in [-0.4, -0.2) is 58.4 Å². The highest BCUT2D eigenvalue weighted by atomic mass is 32.2. The molecule has 1 aliphatic heterocycles. The number of rotatable bonds is 5. The molecule has 1 aliphatic rings. The average molecular weight is 410 g/mol. The minimum absolute atomic E-state index is 0.0675. The van der Waals surface area contributed by atoms with Crippen LogP contribution in [0.25, 0.3) is 0 Å². The normalized spacial score (nSPS) is 16.1. The van der Waals surface area contributed by atoms with Crippen LogP contribution in [-0.2, 0) is 14.8 Å². The van der Waals surface area contributed by atoms with Crippen molar-refractivity contribution < 1.29 is 26.9 Å². The van der Waals surface area contributed by atoms with Crippen LogP contribution >= 0.6 is 0 Å². The molecule has 0 spiro atoms. The van der Waals surface area contributed by atoms with E-state index < -0.39 is 26.6 Å². The van der Waals surface area contributed by atoms with Crippen LogP contribution in [0.1, 0.15) is 0 Å². The largest absolute Gasteiger partial charge is 0.325 e. The molecule has 2 aromatic rings. The third kappa shape index (κ3) is 4.37. The van der Waals surface area contributed by atoms with Gasteiger partial charge in [-0.3, -0.25) is 4.79 Å². The summed E-state index contributed by atoms with van der Waals surface area (Å²) in [6, 6.07) is 11.7. The molecule has 150 valence electrons. The fourth-order valence-electron chi connectivity index (χ4n) is 3.17. The van der Waals surface area contributed by atoms with E-state index >= 15 is 0 Å². The van der Waals surface area contributed by atoms with Gasteiger partial charge in [-0.25, -0.2) is 17.2 Å². The number of likely N-dealkylation sites (N-methyl/N-ethyl adjacent to an activating group) is 1. The van der Waals surface area contributed by atoms with E-state index in [2.05, 4.69) is 0 Å². The predicted molar refractivity (Wildman–Crippen MR) is 101 cm³/mol. The summed E-state index contributed by atoms with van der Waals surface area (Å²) in [5.41, 5.74) is 0.792. The molecule has 3 rings (SSSR count). The molecule has 1 fully saturated rings. The van der Waals surface area contributed by atoms with Crippen molar-refractivity contribution >= 4 is 21.6 Å². The first-order chi connectivity index (χ1) is 13.3. The predicted octanol–water partition coefficient (Wildman–Crippen LogP) is 0.517. The van der Waals surface area contributed by atoms with Crippen molar-refractivity contribution in [2.75, 3.05) is 44.7 Å². The summed E-state index contributed by atoms with van der Waals surface area (Å²) in [6.45, 7) is 1.42. The molecular weight excluding hydrogens is 388 g/mol. The Hall–Kier alpha value is -2.36. The Kier molecular flexibility index (Phi) is 6.07. The topological polar surface area (TPSA) is 62.1 Å². The molecule has 1 N–H and O–H groups in total. The standard InChI is InChI=1S/C19H21F2N3O3S/c1-22(16-5-3-2-4-6-16)19(25)14-23-9-11-24(12-10-23)28(26,27)18-8-7-15(20)13-17(18)21/h2-8,13H,9-12,14H2,1H3/p+1. The van der Waals surface area contributed by atoms with Gasteiger partial charge in [-0.15, -0.1) is 0 Å². The summed E-state index contributed by atoms with van der Waals surface area (Å²) in [5, 5.41) is 0. The first-order valence-corrected chi connectivity index (χ1v) is 10.3. The number of carbonyl (C=O) groups is 1. The van der Waals surface area contributed by atoms with Crippen LogP contribution in [0.2, 0.25) is 0 Å². The molecule has 0 saturated carbocycles. The van der Waals surface area contributed by atoms with Crippen molar-refractivity contribution in [1.29, 1.82) is 0 Å². The Morgan fingerprint density at radius 2 is 1.75 bits per heavy atom. The molecule has 9 heteroatoms. The Morgan fingerprint density at radius 3 is 2.36 bits per heavy atom. The molecule has 0 atom stereocenters. The zero-order chi connectivity index (χ0) is 20.3. The van der Waals surface area contributed by atoms with Crippen LogP contribution in [0.5, 0.6) is 0 Å². The fourth-order valence-corrected chi connectivity index (χ4v) is 4.66. The number of nitrogens with one attached hydrogen (secondary N) is 1. The van der Waals surface area contributed by atoms with E-state index in [1.165, 1.54) is 4.31 Å². The number of sulfonamides is 1. The van der Waals surface area contributed by atoms with Gasteiger partial charge in [0.05, 0.1) is 26.2 Å². The van der Waals surface area contributed by atoms with Crippen LogP contribution < -0.4 is 9.80 Å². The maximum atomic E-state index is 13.9. The van der Waals surface area contributed by atoms with E-state index in [4.69, 9.17) is 0 Å². The van der Waals surface area contributed by atoms with Crippen LogP contribution in [0, 0.1) is 11.6 Å². The number of amides is 1. The van der Waals surface area contributed by atoms with Crippen molar-refractivity contribution in [1.82, 2.24) is 4.31 Å². The number of anilines is 1. The maximum absolute atomic E-state index is 13.9. The van der Waals surface area contributed by atoms with Gasteiger partial charge in [-0.1, -0.05) is 18.2 Å². The van der Waals surface area contributed by atoms with Crippen molar-refractivity contribution in [3.05, 3.63) is 60.2 Å². The SMILES string of the molecule is CN(C(=O)C[NH+]1CCN(S(=O)(=O)c2ccc(F)cc2F)CC1)c1ccccc1. The second-order valence-electron chi connectivity index (χ2n) is 6.69. The summed E-state index contributed by atoms with van der Waals surface area (Å²) in [4.78, 5) is 14.5. The molecule has 1 saturated heterocycles. The van der Waals surface area contributed by atoms with Gasteiger partial charge in [0.15, 0.2) is 6.54 Å². The number of carbonyl (C=O) groups excluding carboxylic acids is 1. The Bertz CT molecular complexity index is 946. The van der Waals surface area contributed by atoms with Gasteiger partial charge >= 0.3 is 0 Å². The van der Waals surface area contributed by atoms with Gasteiger partial charge in [-0.05, 0) is 24.3 Å². The molecule has 0 radical (unpaired) electrons. The highest BCUT2D eigenvalue weighted by Crippen LogP contribution is 2.20. The first kappa shape index (κ1) is 20.4. The van der Waals surface area contributed by atoms with E-state index in [1.54, 1.807) is 11.9 Å². The van der Waals surface area contributed by atoms with Gasteiger partial charge in [-0.2, -0.15) is 4.31 Å². The van der Waals surface area contributed by atoms with E-state index in [9.17, 15) is 22.0 Å². The Balaban J connectivity index is 1.60. The van der Waals surface area contributed by atoms with E-state index in [-0.39, 0.29) is 25.5 Å². The van der Waals surface area contributed by atoms with Crippen LogP contribution in [0.3, 0.4) is 0 Å². The minimum atomic E-state index is -4.04. The van der Waals surface area contributed by atoms with Crippen molar-refractivity contribution in [2.45, 2.75) is 4.90 Å². The quantitative estimate of drug-likeness (QED) is 0.782. The summed E-state index contributed by atoms with van der Waals surface area (Å²) < 4.78 is 53.4. The third-order valence-electron chi connectivity index (χ3n) is 4.86. The van der Waals surface area contributed by atoms with E-state index in [1.807, 2.05) is 30.3 Å². The third-order valence-corrected chi connectivity index (χ3v) is 6.79. The molecule has 0 aliphatic carbocycles. The number of benzene rings is 2. The van der Waals surface area contributed by atoms with Crippen LogP contribution in [0.15, 0.2) is 53.4 Å². The molecule has 0 bridgehead atoms. The molecule has 1 amide bonds. The molecule has 1 heterocycles. The molecular formula is C19H22F2N3O3S+. The number of piperazine rings is 1.